The number of pyridine rings is 1. The zero-order valence-corrected chi connectivity index (χ0v) is 23.1. The number of nitrogens with zero attached hydrogens (tertiary/aromatic N) is 5. The molecule has 0 radical (unpaired) electrons. The Hall–Kier alpha value is -3.17. The summed E-state index contributed by atoms with van der Waals surface area (Å²) in [5.74, 6) is -0.131. The third kappa shape index (κ3) is 4.36. The number of carbonyl (C=O) groups excluding carboxylic acids is 2. The lowest BCUT2D eigenvalue weighted by Gasteiger charge is -2.55. The molecular formula is C29H33ClFN5O3. The van der Waals surface area contributed by atoms with E-state index < -0.39 is 5.82 Å². The van der Waals surface area contributed by atoms with Crippen molar-refractivity contribution < 1.29 is 18.7 Å². The molecule has 0 bridgehead atoms. The molecule has 0 N–H and O–H groups in total. The van der Waals surface area contributed by atoms with E-state index in [9.17, 15) is 9.59 Å². The molecule has 1 aromatic heterocycles. The second-order valence-electron chi connectivity index (χ2n) is 11.4. The zero-order valence-electron chi connectivity index (χ0n) is 22.3. The Bertz CT molecular complexity index is 1350. The van der Waals surface area contributed by atoms with Crippen molar-refractivity contribution in [2.75, 3.05) is 57.8 Å². The monoisotopic (exact) mass is 553 g/mol. The number of likely N-dealkylation sites (tertiary alicyclic amines) is 1. The van der Waals surface area contributed by atoms with E-state index >= 15 is 4.39 Å². The zero-order chi connectivity index (χ0) is 27.5. The number of hydrogen-bond acceptors (Lipinski definition) is 6. The van der Waals surface area contributed by atoms with Gasteiger partial charge in [-0.3, -0.25) is 9.59 Å². The number of fused-ring (bicyclic) bond motifs is 2. The highest BCUT2D eigenvalue weighted by molar-refractivity contribution is 6.35. The van der Waals surface area contributed by atoms with Crippen LogP contribution in [0.1, 0.15) is 30.1 Å². The van der Waals surface area contributed by atoms with Crippen LogP contribution in [0.3, 0.4) is 0 Å². The summed E-state index contributed by atoms with van der Waals surface area (Å²) in [6.07, 6.45) is 3.25. The Labute approximate surface area is 233 Å². The van der Waals surface area contributed by atoms with E-state index in [1.54, 1.807) is 28.0 Å². The minimum Gasteiger partial charge on any atom is -0.489 e. The van der Waals surface area contributed by atoms with Crippen molar-refractivity contribution in [3.8, 4) is 17.0 Å². The number of aromatic nitrogens is 1. The van der Waals surface area contributed by atoms with Crippen LogP contribution >= 0.6 is 11.6 Å². The molecule has 2 atom stereocenters. The summed E-state index contributed by atoms with van der Waals surface area (Å²) in [5.41, 5.74) is 1.12. The van der Waals surface area contributed by atoms with E-state index in [2.05, 4.69) is 30.4 Å². The van der Waals surface area contributed by atoms with Gasteiger partial charge in [0.15, 0.2) is 5.75 Å². The predicted octanol–water partition coefficient (Wildman–Crippen LogP) is 3.69. The van der Waals surface area contributed by atoms with Crippen LogP contribution in [-0.4, -0.2) is 96.5 Å². The van der Waals surface area contributed by atoms with Crippen LogP contribution in [0, 0.1) is 11.2 Å². The van der Waals surface area contributed by atoms with Crippen LogP contribution in [0.2, 0.25) is 5.02 Å². The number of amides is 2. The van der Waals surface area contributed by atoms with Crippen LogP contribution in [0.15, 0.2) is 36.9 Å². The first-order valence-electron chi connectivity index (χ1n) is 13.5. The van der Waals surface area contributed by atoms with E-state index in [1.165, 1.54) is 12.1 Å². The molecule has 8 nitrogen and oxygen atoms in total. The number of hydrogen-bond donors (Lipinski definition) is 0. The van der Waals surface area contributed by atoms with Gasteiger partial charge in [0.05, 0.1) is 11.7 Å². The van der Waals surface area contributed by atoms with Gasteiger partial charge in [0, 0.05) is 50.9 Å². The van der Waals surface area contributed by atoms with E-state index in [4.69, 9.17) is 21.3 Å². The van der Waals surface area contributed by atoms with E-state index in [1.807, 2.05) is 0 Å². The minimum atomic E-state index is -0.447. The molecule has 5 heterocycles. The van der Waals surface area contributed by atoms with Crippen LogP contribution in [0.4, 0.5) is 10.2 Å². The van der Waals surface area contributed by atoms with Crippen LogP contribution in [0.25, 0.3) is 11.3 Å². The first-order chi connectivity index (χ1) is 18.7. The van der Waals surface area contributed by atoms with Crippen molar-refractivity contribution in [2.45, 2.75) is 31.8 Å². The van der Waals surface area contributed by atoms with Gasteiger partial charge in [0.2, 0.25) is 5.91 Å². The van der Waals surface area contributed by atoms with Gasteiger partial charge in [-0.25, -0.2) is 9.37 Å². The number of halogens is 2. The summed E-state index contributed by atoms with van der Waals surface area (Å²) in [7, 11) is 2.14. The Kier molecular flexibility index (Phi) is 6.54. The van der Waals surface area contributed by atoms with Crippen molar-refractivity contribution in [3.63, 3.8) is 0 Å². The minimum absolute atomic E-state index is 0.118. The van der Waals surface area contributed by atoms with Gasteiger partial charge in [-0.1, -0.05) is 30.3 Å². The van der Waals surface area contributed by atoms with Gasteiger partial charge in [0.1, 0.15) is 28.8 Å². The summed E-state index contributed by atoms with van der Waals surface area (Å²) in [4.78, 5) is 39.4. The molecule has 0 aliphatic carbocycles. The van der Waals surface area contributed by atoms with E-state index in [-0.39, 0.29) is 57.9 Å². The number of benzene rings is 1. The molecule has 10 heteroatoms. The molecular weight excluding hydrogens is 521 g/mol. The lowest BCUT2D eigenvalue weighted by Crippen LogP contribution is -2.61. The van der Waals surface area contributed by atoms with Gasteiger partial charge in [-0.15, -0.1) is 0 Å². The maximum Gasteiger partial charge on any atom is 0.261 e. The molecule has 3 fully saturated rings. The molecule has 0 saturated carbocycles. The average Bonchev–Trinajstić information content (AvgIpc) is 3.05. The van der Waals surface area contributed by atoms with Gasteiger partial charge in [-0.2, -0.15) is 0 Å². The Morgan fingerprint density at radius 1 is 1.23 bits per heavy atom. The lowest BCUT2D eigenvalue weighted by atomic mass is 9.70. The summed E-state index contributed by atoms with van der Waals surface area (Å²) >= 11 is 6.88. The number of carbonyl (C=O) groups is 2. The highest BCUT2D eigenvalue weighted by Gasteiger charge is 2.47. The van der Waals surface area contributed by atoms with Crippen LogP contribution in [0.5, 0.6) is 5.75 Å². The molecule has 2 amide bonds. The summed E-state index contributed by atoms with van der Waals surface area (Å²) in [6.45, 7) is 9.87. The molecule has 206 valence electrons. The maximum atomic E-state index is 15.0. The standard InChI is InChI=1S/C29H33ClFN5O3/c1-4-22(37)34-11-12-36-19(14-34)15-39-26-23(28(36)38)27(32-25(24(26)30)20-7-5-6-8-21(20)31)35-10-9-29(13-18(35)2)16-33(3)17-29/h4-8,18-19H,1,9-17H2,2-3H3/t18?,19-/m1/s1. The first kappa shape index (κ1) is 26.1. The molecule has 1 aromatic carbocycles. The largest absolute Gasteiger partial charge is 0.489 e. The smallest absolute Gasteiger partial charge is 0.261 e. The number of piperazine rings is 1. The number of piperidine rings is 1. The molecule has 39 heavy (non-hydrogen) atoms. The molecule has 1 spiro atoms. The van der Waals surface area contributed by atoms with E-state index in [0.29, 0.717) is 31.0 Å². The number of anilines is 1. The number of rotatable bonds is 3. The van der Waals surface area contributed by atoms with Crippen molar-refractivity contribution in [1.82, 2.24) is 19.7 Å². The highest BCUT2D eigenvalue weighted by atomic mass is 35.5. The SMILES string of the molecule is C=CC(=O)N1CCN2C(=O)c3c(N4CCC5(CC4C)CN(C)C5)nc(-c4ccccc4F)c(Cl)c3OC[C@H]2C1. The van der Waals surface area contributed by atoms with Crippen molar-refractivity contribution in [3.05, 3.63) is 53.3 Å². The predicted molar refractivity (Wildman–Crippen MR) is 148 cm³/mol. The van der Waals surface area contributed by atoms with Crippen molar-refractivity contribution in [1.29, 1.82) is 0 Å². The second kappa shape index (κ2) is 9.78. The quantitative estimate of drug-likeness (QED) is 0.540. The Balaban J connectivity index is 1.44. The van der Waals surface area contributed by atoms with Crippen LogP contribution in [-0.2, 0) is 4.79 Å². The second-order valence-corrected chi connectivity index (χ2v) is 11.8. The molecule has 4 aliphatic rings. The maximum absolute atomic E-state index is 15.0. The molecule has 1 unspecified atom stereocenters. The fourth-order valence-electron chi connectivity index (χ4n) is 6.93. The third-order valence-corrected chi connectivity index (χ3v) is 9.05. The van der Waals surface area contributed by atoms with Crippen molar-refractivity contribution in [2.24, 2.45) is 5.41 Å². The molecule has 6 rings (SSSR count). The first-order valence-corrected chi connectivity index (χ1v) is 13.9. The van der Waals surface area contributed by atoms with Crippen molar-refractivity contribution >= 4 is 29.2 Å². The fourth-order valence-corrected chi connectivity index (χ4v) is 7.23. The molecule has 3 saturated heterocycles. The van der Waals surface area contributed by atoms with E-state index in [0.717, 1.165) is 32.5 Å². The van der Waals surface area contributed by atoms with Crippen LogP contribution < -0.4 is 9.64 Å². The van der Waals surface area contributed by atoms with Gasteiger partial charge >= 0.3 is 0 Å². The van der Waals surface area contributed by atoms with Gasteiger partial charge < -0.3 is 24.3 Å². The Morgan fingerprint density at radius 3 is 2.69 bits per heavy atom. The topological polar surface area (TPSA) is 69.2 Å². The van der Waals surface area contributed by atoms with Gasteiger partial charge in [-0.05, 0) is 50.4 Å². The highest BCUT2D eigenvalue weighted by Crippen LogP contribution is 2.48. The third-order valence-electron chi connectivity index (χ3n) is 8.69. The summed E-state index contributed by atoms with van der Waals surface area (Å²) in [5, 5.41) is 0.118. The summed E-state index contributed by atoms with van der Waals surface area (Å²) in [6, 6.07) is 6.13. The molecule has 2 aromatic rings. The lowest BCUT2D eigenvalue weighted by molar-refractivity contribution is -0.128. The van der Waals surface area contributed by atoms with Gasteiger partial charge in [0.25, 0.3) is 5.91 Å². The number of ether oxygens (including phenoxy) is 1. The normalized spacial score (nSPS) is 24.4. The summed E-state index contributed by atoms with van der Waals surface area (Å²) < 4.78 is 21.3. The molecule has 4 aliphatic heterocycles. The fraction of sp³-hybridized carbons (Fsp3) is 0.483. The Morgan fingerprint density at radius 2 is 2.00 bits per heavy atom. The average molecular weight is 554 g/mol.